The molecule has 3 aliphatic rings. The second kappa shape index (κ2) is 8.04. The van der Waals surface area contributed by atoms with Crippen LogP contribution in [0.3, 0.4) is 0 Å². The van der Waals surface area contributed by atoms with Gasteiger partial charge in [-0.1, -0.05) is 6.07 Å². The number of nitrogens with zero attached hydrogens (tertiary/aromatic N) is 5. The summed E-state index contributed by atoms with van der Waals surface area (Å²) in [6.45, 7) is -1.25. The van der Waals surface area contributed by atoms with E-state index in [2.05, 4.69) is 9.97 Å². The van der Waals surface area contributed by atoms with E-state index >= 15 is 0 Å². The van der Waals surface area contributed by atoms with Gasteiger partial charge >= 0.3 is 6.61 Å². The fraction of sp³-hybridized carbons (Fsp3) is 0.357. The van der Waals surface area contributed by atoms with Crippen LogP contribution >= 0.6 is 0 Å². The molecule has 0 saturated heterocycles. The molecule has 4 heterocycles. The van der Waals surface area contributed by atoms with Crippen LogP contribution in [0.2, 0.25) is 0 Å². The van der Waals surface area contributed by atoms with Crippen molar-refractivity contribution in [3.05, 3.63) is 77.1 Å². The molecule has 0 radical (unpaired) electrons. The maximum absolute atomic E-state index is 13.3. The van der Waals surface area contributed by atoms with Gasteiger partial charge in [-0.05, 0) is 61.9 Å². The first kappa shape index (κ1) is 23.2. The Hall–Kier alpha value is -3.92. The van der Waals surface area contributed by atoms with Crippen LogP contribution in [0.4, 0.5) is 8.78 Å². The zero-order chi connectivity index (χ0) is 26.3. The molecule has 8 nitrogen and oxygen atoms in total. The van der Waals surface area contributed by atoms with Crippen molar-refractivity contribution in [1.82, 2.24) is 24.5 Å². The molecular formula is C28H25F2N5O3. The van der Waals surface area contributed by atoms with Gasteiger partial charge in [-0.3, -0.25) is 4.79 Å². The molecule has 1 amide bonds. The van der Waals surface area contributed by atoms with Crippen molar-refractivity contribution in [3.63, 3.8) is 0 Å². The maximum atomic E-state index is 13.3. The van der Waals surface area contributed by atoms with Gasteiger partial charge in [0.1, 0.15) is 11.4 Å². The van der Waals surface area contributed by atoms with E-state index in [1.807, 2.05) is 18.3 Å². The van der Waals surface area contributed by atoms with Crippen molar-refractivity contribution in [2.24, 2.45) is 5.92 Å². The summed E-state index contributed by atoms with van der Waals surface area (Å²) in [5, 5.41) is 15.6. The second-order valence-corrected chi connectivity index (χ2v) is 10.6. The quantitative estimate of drug-likeness (QED) is 0.414. The molecule has 1 aromatic carbocycles. The number of benzene rings is 1. The lowest BCUT2D eigenvalue weighted by Gasteiger charge is -2.23. The van der Waals surface area contributed by atoms with Gasteiger partial charge in [0.05, 0.1) is 17.3 Å². The van der Waals surface area contributed by atoms with Crippen LogP contribution in [0, 0.1) is 5.92 Å². The summed E-state index contributed by atoms with van der Waals surface area (Å²) in [5.41, 5.74) is 3.92. The monoisotopic (exact) mass is 517 g/mol. The Morgan fingerprint density at radius 2 is 1.89 bits per heavy atom. The summed E-state index contributed by atoms with van der Waals surface area (Å²) < 4.78 is 33.3. The standard InChI is InChI=1S/C28H25F2N5O3/c1-28(37,16-6-7-16)26-31-12-15(13-32-26)14-8-9-35-19(10-14)23-18-11-20(24(23)33-35)34(2)25(36)17-4-3-5-21(22(17)18)38-27(29)30/h3-5,8-10,12-13,16,18,20,27,37H,6-7,11H2,1-2H3/t18-,20-,28-/m1/s1. The van der Waals surface area contributed by atoms with E-state index < -0.39 is 12.2 Å². The zero-order valence-corrected chi connectivity index (χ0v) is 20.8. The predicted molar refractivity (Wildman–Crippen MR) is 133 cm³/mol. The minimum absolute atomic E-state index is 0.0139. The van der Waals surface area contributed by atoms with Crippen LogP contribution in [0.25, 0.3) is 16.6 Å². The molecule has 3 atom stereocenters. The second-order valence-electron chi connectivity index (χ2n) is 10.6. The number of amides is 1. The lowest BCUT2D eigenvalue weighted by molar-refractivity contribution is -0.0505. The van der Waals surface area contributed by atoms with Gasteiger partial charge in [0.15, 0.2) is 5.82 Å². The SMILES string of the molecule is CN1C(=O)c2cccc(OC(F)F)c2[C@H]2C[C@@H]1c1nn3ccc(-c4cnc([C@](C)(O)C5CC5)nc4)cc3c12. The first-order chi connectivity index (χ1) is 18.2. The Kier molecular flexibility index (Phi) is 4.91. The van der Waals surface area contributed by atoms with Crippen LogP contribution in [0.15, 0.2) is 48.9 Å². The number of hydrogen-bond donors (Lipinski definition) is 1. The van der Waals surface area contributed by atoms with E-state index in [-0.39, 0.29) is 29.5 Å². The summed E-state index contributed by atoms with van der Waals surface area (Å²) in [6, 6.07) is 8.33. The summed E-state index contributed by atoms with van der Waals surface area (Å²) in [4.78, 5) is 23.9. The number of carbonyl (C=O) groups is 1. The number of ether oxygens (including phenoxy) is 1. The van der Waals surface area contributed by atoms with Crippen molar-refractivity contribution in [1.29, 1.82) is 0 Å². The predicted octanol–water partition coefficient (Wildman–Crippen LogP) is 4.67. The molecule has 10 heteroatoms. The molecule has 194 valence electrons. The topological polar surface area (TPSA) is 92.9 Å². The Labute approximate surface area is 216 Å². The van der Waals surface area contributed by atoms with Gasteiger partial charge in [0.25, 0.3) is 5.91 Å². The van der Waals surface area contributed by atoms with Crippen molar-refractivity contribution >= 4 is 11.4 Å². The number of carbonyl (C=O) groups excluding carboxylic acids is 1. The maximum Gasteiger partial charge on any atom is 0.387 e. The van der Waals surface area contributed by atoms with Crippen molar-refractivity contribution in [2.45, 2.75) is 50.4 Å². The molecule has 38 heavy (non-hydrogen) atoms. The third-order valence-electron chi connectivity index (χ3n) is 8.28. The molecule has 1 N–H and O–H groups in total. The summed E-state index contributed by atoms with van der Waals surface area (Å²) in [7, 11) is 1.72. The van der Waals surface area contributed by atoms with E-state index in [4.69, 9.17) is 9.84 Å². The zero-order valence-electron chi connectivity index (χ0n) is 20.8. The molecule has 3 aromatic heterocycles. The van der Waals surface area contributed by atoms with Crippen LogP contribution in [0.1, 0.15) is 71.1 Å². The van der Waals surface area contributed by atoms with Crippen molar-refractivity contribution < 1.29 is 23.4 Å². The number of fused-ring (bicyclic) bond motifs is 9. The molecular weight excluding hydrogens is 492 g/mol. The third-order valence-corrected chi connectivity index (χ3v) is 8.28. The number of halogens is 2. The molecule has 2 aliphatic carbocycles. The number of pyridine rings is 1. The number of aromatic nitrogens is 4. The fourth-order valence-corrected chi connectivity index (χ4v) is 6.11. The van der Waals surface area contributed by atoms with E-state index in [1.165, 1.54) is 6.07 Å². The van der Waals surface area contributed by atoms with Gasteiger partial charge in [0, 0.05) is 53.8 Å². The van der Waals surface area contributed by atoms with E-state index in [0.717, 1.165) is 40.7 Å². The normalized spacial score (nSPS) is 21.8. The van der Waals surface area contributed by atoms with Gasteiger partial charge in [-0.2, -0.15) is 13.9 Å². The first-order valence-electron chi connectivity index (χ1n) is 12.7. The Morgan fingerprint density at radius 3 is 2.61 bits per heavy atom. The summed E-state index contributed by atoms with van der Waals surface area (Å²) in [6.07, 6.45) is 7.73. The molecule has 0 unspecified atom stereocenters. The highest BCUT2D eigenvalue weighted by Gasteiger charge is 2.46. The fourth-order valence-electron chi connectivity index (χ4n) is 6.11. The van der Waals surface area contributed by atoms with Gasteiger partial charge < -0.3 is 14.7 Å². The molecule has 0 spiro atoms. The summed E-state index contributed by atoms with van der Waals surface area (Å²) in [5.74, 6) is 0.0362. The van der Waals surface area contributed by atoms with Gasteiger partial charge in [-0.15, -0.1) is 0 Å². The van der Waals surface area contributed by atoms with Gasteiger partial charge in [-0.25, -0.2) is 14.5 Å². The Morgan fingerprint density at radius 1 is 1.13 bits per heavy atom. The van der Waals surface area contributed by atoms with E-state index in [9.17, 15) is 18.7 Å². The molecule has 1 aliphatic heterocycles. The largest absolute Gasteiger partial charge is 0.434 e. The van der Waals surface area contributed by atoms with Crippen LogP contribution in [-0.4, -0.2) is 49.2 Å². The molecule has 1 saturated carbocycles. The number of rotatable bonds is 5. The van der Waals surface area contributed by atoms with Crippen LogP contribution in [0.5, 0.6) is 5.75 Å². The highest BCUT2D eigenvalue weighted by atomic mass is 19.3. The highest BCUT2D eigenvalue weighted by Crippen LogP contribution is 2.53. The molecule has 7 rings (SSSR count). The third kappa shape index (κ3) is 3.36. The average Bonchev–Trinajstić information content (AvgIpc) is 3.63. The molecule has 1 fully saturated rings. The lowest BCUT2D eigenvalue weighted by atomic mass is 9.88. The molecule has 4 aromatic rings. The number of aliphatic hydroxyl groups is 1. The first-order valence-corrected chi connectivity index (χ1v) is 12.7. The highest BCUT2D eigenvalue weighted by molar-refractivity contribution is 5.98. The molecule has 2 bridgehead atoms. The summed E-state index contributed by atoms with van der Waals surface area (Å²) >= 11 is 0. The number of hydrogen-bond acceptors (Lipinski definition) is 6. The minimum atomic E-state index is -3.01. The van der Waals surface area contributed by atoms with Crippen molar-refractivity contribution in [2.75, 3.05) is 7.05 Å². The van der Waals surface area contributed by atoms with Gasteiger partial charge in [0.2, 0.25) is 0 Å². The lowest BCUT2D eigenvalue weighted by Crippen LogP contribution is -2.30. The smallest absolute Gasteiger partial charge is 0.387 e. The van der Waals surface area contributed by atoms with Crippen LogP contribution < -0.4 is 4.74 Å². The Balaban J connectivity index is 1.35. The van der Waals surface area contributed by atoms with Crippen molar-refractivity contribution in [3.8, 4) is 16.9 Å². The minimum Gasteiger partial charge on any atom is -0.434 e. The van der Waals surface area contributed by atoms with Crippen LogP contribution in [-0.2, 0) is 5.60 Å². The number of alkyl halides is 2. The Bertz CT molecular complexity index is 1600. The van der Waals surface area contributed by atoms with E-state index in [1.54, 1.807) is 47.9 Å². The average molecular weight is 518 g/mol. The van der Waals surface area contributed by atoms with E-state index in [0.29, 0.717) is 23.4 Å².